The molecular formula is C14H20ClNO2. The Bertz CT molecular complexity index is 393. The third kappa shape index (κ3) is 5.41. The molecule has 1 N–H and O–H groups in total. The molecule has 0 saturated heterocycles. The molecule has 0 aromatic heterocycles. The third-order valence-corrected chi connectivity index (χ3v) is 2.81. The molecule has 1 amide bonds. The average molecular weight is 270 g/mol. The second-order valence-electron chi connectivity index (χ2n) is 4.21. The van der Waals surface area contributed by atoms with Crippen LogP contribution in [0.1, 0.15) is 31.7 Å². The Morgan fingerprint density at radius 1 is 1.44 bits per heavy atom. The fourth-order valence-corrected chi connectivity index (χ4v) is 1.78. The number of rotatable bonds is 7. The maximum Gasteiger partial charge on any atom is 0.220 e. The monoisotopic (exact) mass is 269 g/mol. The summed E-state index contributed by atoms with van der Waals surface area (Å²) in [5, 5.41) is 3.53. The number of nitrogens with one attached hydrogen (secondary N) is 1. The van der Waals surface area contributed by atoms with E-state index in [4.69, 9.17) is 16.3 Å². The van der Waals surface area contributed by atoms with E-state index in [0.29, 0.717) is 24.6 Å². The normalized spacial score (nSPS) is 10.2. The molecule has 1 aromatic carbocycles. The first-order valence-corrected chi connectivity index (χ1v) is 6.67. The van der Waals surface area contributed by atoms with Gasteiger partial charge in [0.25, 0.3) is 0 Å². The van der Waals surface area contributed by atoms with Gasteiger partial charge in [-0.15, -0.1) is 0 Å². The molecule has 0 spiro atoms. The van der Waals surface area contributed by atoms with E-state index < -0.39 is 0 Å². The van der Waals surface area contributed by atoms with Crippen molar-refractivity contribution >= 4 is 17.5 Å². The minimum atomic E-state index is 0.0910. The summed E-state index contributed by atoms with van der Waals surface area (Å²) in [4.78, 5) is 11.3. The topological polar surface area (TPSA) is 38.3 Å². The third-order valence-electron chi connectivity index (χ3n) is 2.58. The number of hydrogen-bond acceptors (Lipinski definition) is 2. The van der Waals surface area contributed by atoms with Gasteiger partial charge < -0.3 is 10.1 Å². The van der Waals surface area contributed by atoms with E-state index in [1.807, 2.05) is 19.1 Å². The highest BCUT2D eigenvalue weighted by molar-refractivity contribution is 6.30. The van der Waals surface area contributed by atoms with Crippen LogP contribution in [0.2, 0.25) is 5.02 Å². The molecule has 100 valence electrons. The van der Waals surface area contributed by atoms with Crippen molar-refractivity contribution in [2.45, 2.75) is 33.1 Å². The smallest absolute Gasteiger partial charge is 0.220 e. The van der Waals surface area contributed by atoms with Crippen LogP contribution in [0.4, 0.5) is 0 Å². The average Bonchev–Trinajstić information content (AvgIpc) is 2.34. The molecule has 1 rings (SSSR count). The standard InChI is InChI=1S/C14H20ClNO2/c1-3-4-5-14(17)16-8-9-18-13-7-6-12(15)10-11(13)2/h6-7,10H,3-5,8-9H2,1-2H3,(H,16,17). The zero-order valence-electron chi connectivity index (χ0n) is 11.0. The Hall–Kier alpha value is -1.22. The number of benzene rings is 1. The molecule has 1 aromatic rings. The minimum absolute atomic E-state index is 0.0910. The van der Waals surface area contributed by atoms with Crippen LogP contribution in [0, 0.1) is 6.92 Å². The predicted octanol–water partition coefficient (Wildman–Crippen LogP) is 3.33. The van der Waals surface area contributed by atoms with Crippen LogP contribution >= 0.6 is 11.6 Å². The molecule has 0 aliphatic heterocycles. The number of amides is 1. The van der Waals surface area contributed by atoms with Gasteiger partial charge >= 0.3 is 0 Å². The second kappa shape index (κ2) is 7.98. The lowest BCUT2D eigenvalue weighted by atomic mass is 10.2. The molecule has 0 aliphatic carbocycles. The highest BCUT2D eigenvalue weighted by atomic mass is 35.5. The SMILES string of the molecule is CCCCC(=O)NCCOc1ccc(Cl)cc1C. The van der Waals surface area contributed by atoms with Crippen molar-refractivity contribution in [2.24, 2.45) is 0 Å². The van der Waals surface area contributed by atoms with Gasteiger partial charge in [-0.3, -0.25) is 4.79 Å². The van der Waals surface area contributed by atoms with Crippen LogP contribution in [0.3, 0.4) is 0 Å². The van der Waals surface area contributed by atoms with Gasteiger partial charge in [0.15, 0.2) is 0 Å². The van der Waals surface area contributed by atoms with Crippen molar-refractivity contribution in [1.29, 1.82) is 0 Å². The van der Waals surface area contributed by atoms with Crippen LogP contribution in [-0.2, 0) is 4.79 Å². The van der Waals surface area contributed by atoms with Gasteiger partial charge in [-0.1, -0.05) is 24.9 Å². The molecule has 0 fully saturated rings. The maximum absolute atomic E-state index is 11.3. The maximum atomic E-state index is 11.3. The zero-order chi connectivity index (χ0) is 13.4. The largest absolute Gasteiger partial charge is 0.491 e. The van der Waals surface area contributed by atoms with Crippen LogP contribution in [-0.4, -0.2) is 19.1 Å². The van der Waals surface area contributed by atoms with Crippen molar-refractivity contribution in [2.75, 3.05) is 13.2 Å². The molecule has 0 bridgehead atoms. The van der Waals surface area contributed by atoms with Crippen molar-refractivity contribution < 1.29 is 9.53 Å². The fraction of sp³-hybridized carbons (Fsp3) is 0.500. The highest BCUT2D eigenvalue weighted by Gasteiger charge is 2.02. The Morgan fingerprint density at radius 3 is 2.89 bits per heavy atom. The summed E-state index contributed by atoms with van der Waals surface area (Å²) in [6.45, 7) is 5.02. The van der Waals surface area contributed by atoms with Gasteiger partial charge in [0.05, 0.1) is 6.54 Å². The first kappa shape index (κ1) is 14.8. The lowest BCUT2D eigenvalue weighted by Crippen LogP contribution is -2.27. The molecule has 4 heteroatoms. The summed E-state index contributed by atoms with van der Waals surface area (Å²) >= 11 is 5.86. The molecule has 0 heterocycles. The van der Waals surface area contributed by atoms with Crippen molar-refractivity contribution in [3.63, 3.8) is 0 Å². The van der Waals surface area contributed by atoms with E-state index in [1.54, 1.807) is 6.07 Å². The Labute approximate surface area is 113 Å². The van der Waals surface area contributed by atoms with E-state index in [1.165, 1.54) is 0 Å². The van der Waals surface area contributed by atoms with Crippen molar-refractivity contribution in [3.05, 3.63) is 28.8 Å². The van der Waals surface area contributed by atoms with Crippen LogP contribution in [0.5, 0.6) is 5.75 Å². The number of hydrogen-bond donors (Lipinski definition) is 1. The van der Waals surface area contributed by atoms with Gasteiger partial charge in [0.1, 0.15) is 12.4 Å². The zero-order valence-corrected chi connectivity index (χ0v) is 11.7. The van der Waals surface area contributed by atoms with Gasteiger partial charge in [-0.05, 0) is 37.1 Å². The molecule has 0 aliphatic rings. The van der Waals surface area contributed by atoms with Gasteiger partial charge in [0.2, 0.25) is 5.91 Å². The summed E-state index contributed by atoms with van der Waals surface area (Å²) in [7, 11) is 0. The molecule has 18 heavy (non-hydrogen) atoms. The number of aryl methyl sites for hydroxylation is 1. The minimum Gasteiger partial charge on any atom is -0.491 e. The van der Waals surface area contributed by atoms with Crippen molar-refractivity contribution in [3.8, 4) is 5.75 Å². The fourth-order valence-electron chi connectivity index (χ4n) is 1.55. The summed E-state index contributed by atoms with van der Waals surface area (Å²) in [5.41, 5.74) is 1.000. The van der Waals surface area contributed by atoms with E-state index >= 15 is 0 Å². The molecule has 0 atom stereocenters. The number of carbonyl (C=O) groups excluding carboxylic acids is 1. The van der Waals surface area contributed by atoms with Crippen LogP contribution < -0.4 is 10.1 Å². The van der Waals surface area contributed by atoms with Crippen LogP contribution in [0.15, 0.2) is 18.2 Å². The van der Waals surface area contributed by atoms with E-state index in [9.17, 15) is 4.79 Å². The predicted molar refractivity (Wildman–Crippen MR) is 74.2 cm³/mol. The Kier molecular flexibility index (Phi) is 6.58. The lowest BCUT2D eigenvalue weighted by Gasteiger charge is -2.10. The van der Waals surface area contributed by atoms with Gasteiger partial charge in [-0.2, -0.15) is 0 Å². The number of ether oxygens (including phenoxy) is 1. The lowest BCUT2D eigenvalue weighted by molar-refractivity contribution is -0.121. The van der Waals surface area contributed by atoms with Crippen LogP contribution in [0.25, 0.3) is 0 Å². The first-order valence-electron chi connectivity index (χ1n) is 6.29. The summed E-state index contributed by atoms with van der Waals surface area (Å²) < 4.78 is 5.57. The molecule has 0 unspecified atom stereocenters. The molecule has 0 radical (unpaired) electrons. The van der Waals surface area contributed by atoms with Gasteiger partial charge in [0, 0.05) is 11.4 Å². The highest BCUT2D eigenvalue weighted by Crippen LogP contribution is 2.21. The van der Waals surface area contributed by atoms with Gasteiger partial charge in [-0.25, -0.2) is 0 Å². The Balaban J connectivity index is 2.23. The molecule has 0 saturated carbocycles. The molecular weight excluding hydrogens is 250 g/mol. The first-order chi connectivity index (χ1) is 8.63. The Morgan fingerprint density at radius 2 is 2.22 bits per heavy atom. The van der Waals surface area contributed by atoms with E-state index in [-0.39, 0.29) is 5.91 Å². The van der Waals surface area contributed by atoms with E-state index in [0.717, 1.165) is 24.2 Å². The number of carbonyl (C=O) groups is 1. The quantitative estimate of drug-likeness (QED) is 0.771. The van der Waals surface area contributed by atoms with E-state index in [2.05, 4.69) is 12.2 Å². The second-order valence-corrected chi connectivity index (χ2v) is 4.65. The number of halogens is 1. The van der Waals surface area contributed by atoms with Crippen molar-refractivity contribution in [1.82, 2.24) is 5.32 Å². The summed E-state index contributed by atoms with van der Waals surface area (Å²) in [6.07, 6.45) is 2.56. The summed E-state index contributed by atoms with van der Waals surface area (Å²) in [5.74, 6) is 0.899. The molecule has 3 nitrogen and oxygen atoms in total. The summed E-state index contributed by atoms with van der Waals surface area (Å²) in [6, 6.07) is 5.50. The number of unbranched alkanes of at least 4 members (excludes halogenated alkanes) is 1.